The third-order valence-corrected chi connectivity index (χ3v) is 8.02. The van der Waals surface area contributed by atoms with Gasteiger partial charge >= 0.3 is 0 Å². The Morgan fingerprint density at radius 2 is 1.93 bits per heavy atom. The number of hydrogen-bond donors (Lipinski definition) is 1. The Morgan fingerprint density at radius 1 is 1.33 bits per heavy atom. The Hall–Kier alpha value is 0.0969. The summed E-state index contributed by atoms with van der Waals surface area (Å²) in [6, 6.07) is 0. The molecule has 0 amide bonds. The molecule has 1 aliphatic rings. The Balaban J connectivity index is 2.36. The average Bonchev–Trinajstić information content (AvgIpc) is 2.46. The van der Waals surface area contributed by atoms with E-state index in [1.807, 2.05) is 0 Å². The highest BCUT2D eigenvalue weighted by molar-refractivity contribution is 6.74. The van der Waals surface area contributed by atoms with Crippen LogP contribution in [-0.4, -0.2) is 32.4 Å². The van der Waals surface area contributed by atoms with Crippen LogP contribution >= 0.6 is 0 Å². The third kappa shape index (κ3) is 3.55. The van der Waals surface area contributed by atoms with Crippen molar-refractivity contribution >= 4 is 8.32 Å². The largest absolute Gasteiger partial charge is 0.414 e. The summed E-state index contributed by atoms with van der Waals surface area (Å²) >= 11 is 0. The lowest BCUT2D eigenvalue weighted by molar-refractivity contribution is -0.0995. The molecule has 90 valence electrons. The molecule has 4 heteroatoms. The highest BCUT2D eigenvalue weighted by atomic mass is 28.4. The summed E-state index contributed by atoms with van der Waals surface area (Å²) in [7, 11) is -1.66. The monoisotopic (exact) mass is 232 g/mol. The molecule has 0 saturated carbocycles. The number of hydrogen-bond acceptors (Lipinski definition) is 3. The standard InChI is InChI=1S/C11H24O3Si/c1-11(2,3)15(4,5)13-8-9-6-7-10(12)14-9/h9-10,12H,6-8H2,1-5H3/t9-,10?/m1/s1. The van der Waals surface area contributed by atoms with E-state index in [2.05, 4.69) is 33.9 Å². The van der Waals surface area contributed by atoms with Crippen molar-refractivity contribution < 1.29 is 14.3 Å². The van der Waals surface area contributed by atoms with Crippen LogP contribution in [0.3, 0.4) is 0 Å². The fourth-order valence-electron chi connectivity index (χ4n) is 1.33. The molecule has 0 bridgehead atoms. The molecule has 1 aliphatic heterocycles. The lowest BCUT2D eigenvalue weighted by atomic mass is 10.2. The number of rotatable bonds is 3. The van der Waals surface area contributed by atoms with Crippen LogP contribution in [0, 0.1) is 0 Å². The molecule has 0 aromatic carbocycles. The molecular weight excluding hydrogens is 208 g/mol. The minimum absolute atomic E-state index is 0.0918. The Bertz CT molecular complexity index is 210. The van der Waals surface area contributed by atoms with Gasteiger partial charge in [0.15, 0.2) is 14.6 Å². The van der Waals surface area contributed by atoms with E-state index in [1.54, 1.807) is 0 Å². The van der Waals surface area contributed by atoms with Crippen molar-refractivity contribution in [2.24, 2.45) is 0 Å². The molecule has 1 saturated heterocycles. The van der Waals surface area contributed by atoms with E-state index in [9.17, 15) is 5.11 Å². The number of aliphatic hydroxyl groups excluding tert-OH is 1. The summed E-state index contributed by atoms with van der Waals surface area (Å²) in [5.41, 5.74) is 0. The first kappa shape index (κ1) is 13.2. The topological polar surface area (TPSA) is 38.7 Å². The molecule has 1 heterocycles. The van der Waals surface area contributed by atoms with Crippen LogP contribution in [-0.2, 0) is 9.16 Å². The zero-order valence-corrected chi connectivity index (χ0v) is 11.5. The van der Waals surface area contributed by atoms with Crippen LogP contribution in [0.5, 0.6) is 0 Å². The van der Waals surface area contributed by atoms with Gasteiger partial charge in [0.1, 0.15) is 0 Å². The lowest BCUT2D eigenvalue weighted by Gasteiger charge is -2.36. The van der Waals surface area contributed by atoms with Crippen LogP contribution < -0.4 is 0 Å². The normalized spacial score (nSPS) is 28.4. The quantitative estimate of drug-likeness (QED) is 0.760. The smallest absolute Gasteiger partial charge is 0.192 e. The van der Waals surface area contributed by atoms with Crippen LogP contribution in [0.1, 0.15) is 33.6 Å². The van der Waals surface area contributed by atoms with Crippen molar-refractivity contribution in [1.82, 2.24) is 0 Å². The second-order valence-corrected chi connectivity index (χ2v) is 10.7. The molecule has 3 nitrogen and oxygen atoms in total. The molecule has 1 N–H and O–H groups in total. The maximum absolute atomic E-state index is 9.22. The van der Waals surface area contributed by atoms with E-state index in [4.69, 9.17) is 9.16 Å². The molecule has 0 aromatic rings. The van der Waals surface area contributed by atoms with Crippen molar-refractivity contribution in [2.45, 2.75) is 64.1 Å². The van der Waals surface area contributed by atoms with Crippen LogP contribution in [0.15, 0.2) is 0 Å². The summed E-state index contributed by atoms with van der Waals surface area (Å²) < 4.78 is 11.4. The first-order chi connectivity index (χ1) is 6.72. The minimum Gasteiger partial charge on any atom is -0.414 e. The highest BCUT2D eigenvalue weighted by Gasteiger charge is 2.38. The van der Waals surface area contributed by atoms with Gasteiger partial charge in [0.25, 0.3) is 0 Å². The molecule has 1 fully saturated rings. The van der Waals surface area contributed by atoms with Crippen LogP contribution in [0.2, 0.25) is 18.1 Å². The molecule has 1 unspecified atom stereocenters. The molecule has 15 heavy (non-hydrogen) atoms. The molecule has 0 aliphatic carbocycles. The van der Waals surface area contributed by atoms with Gasteiger partial charge in [-0.25, -0.2) is 0 Å². The Kier molecular flexibility index (Phi) is 3.98. The lowest BCUT2D eigenvalue weighted by Crippen LogP contribution is -2.42. The first-order valence-electron chi connectivity index (χ1n) is 5.70. The van der Waals surface area contributed by atoms with Gasteiger partial charge in [-0.1, -0.05) is 20.8 Å². The summed E-state index contributed by atoms with van der Waals surface area (Å²) in [4.78, 5) is 0. The van der Waals surface area contributed by atoms with Gasteiger partial charge in [-0.2, -0.15) is 0 Å². The SMILES string of the molecule is CC(C)(C)[Si](C)(C)OC[C@H]1CCC(O)O1. The molecule has 1 rings (SSSR count). The first-order valence-corrected chi connectivity index (χ1v) is 8.61. The van der Waals surface area contributed by atoms with Gasteiger partial charge in [-0.3, -0.25) is 0 Å². The van der Waals surface area contributed by atoms with Gasteiger partial charge < -0.3 is 14.3 Å². The van der Waals surface area contributed by atoms with E-state index in [0.717, 1.165) is 12.8 Å². The van der Waals surface area contributed by atoms with E-state index in [1.165, 1.54) is 0 Å². The predicted octanol–water partition coefficient (Wildman–Crippen LogP) is 2.51. The summed E-state index contributed by atoms with van der Waals surface area (Å²) in [6.45, 7) is 11.8. The molecular formula is C11H24O3Si. The second kappa shape index (κ2) is 4.53. The van der Waals surface area contributed by atoms with Gasteiger partial charge in [-0.15, -0.1) is 0 Å². The van der Waals surface area contributed by atoms with Gasteiger partial charge in [0.05, 0.1) is 12.7 Å². The van der Waals surface area contributed by atoms with E-state index >= 15 is 0 Å². The number of aliphatic hydroxyl groups is 1. The van der Waals surface area contributed by atoms with Crippen LogP contribution in [0.25, 0.3) is 0 Å². The second-order valence-electron chi connectivity index (χ2n) is 5.86. The Morgan fingerprint density at radius 3 is 2.33 bits per heavy atom. The maximum Gasteiger partial charge on any atom is 0.192 e. The van der Waals surface area contributed by atoms with Crippen molar-refractivity contribution in [3.63, 3.8) is 0 Å². The summed E-state index contributed by atoms with van der Waals surface area (Å²) in [6.07, 6.45) is 1.17. The zero-order valence-electron chi connectivity index (χ0n) is 10.5. The highest BCUT2D eigenvalue weighted by Crippen LogP contribution is 2.37. The van der Waals surface area contributed by atoms with Gasteiger partial charge in [-0.05, 0) is 24.6 Å². The Labute approximate surface area is 93.9 Å². The minimum atomic E-state index is -1.66. The summed E-state index contributed by atoms with van der Waals surface area (Å²) in [5.74, 6) is 0. The van der Waals surface area contributed by atoms with E-state index in [0.29, 0.717) is 6.61 Å². The van der Waals surface area contributed by atoms with Crippen molar-refractivity contribution in [3.05, 3.63) is 0 Å². The van der Waals surface area contributed by atoms with Crippen LogP contribution in [0.4, 0.5) is 0 Å². The van der Waals surface area contributed by atoms with Gasteiger partial charge in [0.2, 0.25) is 0 Å². The fourth-order valence-corrected chi connectivity index (χ4v) is 2.36. The molecule has 0 aromatic heterocycles. The predicted molar refractivity (Wildman–Crippen MR) is 63.3 cm³/mol. The van der Waals surface area contributed by atoms with E-state index < -0.39 is 14.6 Å². The fraction of sp³-hybridized carbons (Fsp3) is 1.00. The number of ether oxygens (including phenoxy) is 1. The van der Waals surface area contributed by atoms with Crippen molar-refractivity contribution in [2.75, 3.05) is 6.61 Å². The summed E-state index contributed by atoms with van der Waals surface area (Å²) in [5, 5.41) is 9.46. The van der Waals surface area contributed by atoms with E-state index in [-0.39, 0.29) is 11.1 Å². The molecule has 0 spiro atoms. The van der Waals surface area contributed by atoms with Crippen molar-refractivity contribution in [3.8, 4) is 0 Å². The zero-order chi connectivity index (χ0) is 11.7. The maximum atomic E-state index is 9.22. The average molecular weight is 232 g/mol. The third-order valence-electron chi connectivity index (χ3n) is 3.52. The molecule has 0 radical (unpaired) electrons. The van der Waals surface area contributed by atoms with Gasteiger partial charge in [0, 0.05) is 6.42 Å². The molecule has 2 atom stereocenters. The van der Waals surface area contributed by atoms with Crippen molar-refractivity contribution in [1.29, 1.82) is 0 Å².